The van der Waals surface area contributed by atoms with Crippen molar-refractivity contribution in [3.05, 3.63) is 70.1 Å². The summed E-state index contributed by atoms with van der Waals surface area (Å²) in [4.78, 5) is 26.2. The van der Waals surface area contributed by atoms with Crippen LogP contribution in [0.1, 0.15) is 30.5 Å². The van der Waals surface area contributed by atoms with E-state index in [9.17, 15) is 19.9 Å². The molecule has 0 aliphatic carbocycles. The van der Waals surface area contributed by atoms with Crippen LogP contribution in [0.5, 0.6) is 0 Å². The molecule has 3 N–H and O–H groups in total. The van der Waals surface area contributed by atoms with Crippen LogP contribution in [0.3, 0.4) is 0 Å². The van der Waals surface area contributed by atoms with Gasteiger partial charge in [-0.3, -0.25) is 9.59 Å². The lowest BCUT2D eigenvalue weighted by molar-refractivity contribution is -0.614. The second-order valence-electron chi connectivity index (χ2n) is 8.05. The number of benzene rings is 1. The molecule has 30 heavy (non-hydrogen) atoms. The van der Waals surface area contributed by atoms with Crippen LogP contribution in [0.4, 0.5) is 0 Å². The van der Waals surface area contributed by atoms with E-state index in [0.29, 0.717) is 35.0 Å². The molecular weight excluding hydrogens is 406 g/mol. The third-order valence-corrected chi connectivity index (χ3v) is 5.77. The molecule has 0 bridgehead atoms. The van der Waals surface area contributed by atoms with E-state index in [1.54, 1.807) is 23.1 Å². The maximum absolute atomic E-state index is 13.2. The Hall–Kier alpha value is -2.64. The summed E-state index contributed by atoms with van der Waals surface area (Å²) in [6.45, 7) is 0.872. The molecule has 0 radical (unpaired) electrons. The lowest BCUT2D eigenvalue weighted by Gasteiger charge is -2.41. The first-order valence-electron chi connectivity index (χ1n) is 9.97. The summed E-state index contributed by atoms with van der Waals surface area (Å²) in [6.07, 6.45) is 3.18. The third-order valence-electron chi connectivity index (χ3n) is 5.52. The molecule has 1 fully saturated rings. The predicted molar refractivity (Wildman–Crippen MR) is 113 cm³/mol. The van der Waals surface area contributed by atoms with Gasteiger partial charge in [-0.25, -0.2) is 0 Å². The molecule has 7 nitrogen and oxygen atoms in total. The van der Waals surface area contributed by atoms with Crippen molar-refractivity contribution in [2.75, 3.05) is 13.1 Å². The smallest absolute Gasteiger partial charge is 0.304 e. The van der Waals surface area contributed by atoms with Crippen LogP contribution in [-0.4, -0.2) is 40.5 Å². The third kappa shape index (κ3) is 5.70. The minimum Gasteiger partial charge on any atom is -0.619 e. The topological polar surface area (TPSA) is 111 Å². The van der Waals surface area contributed by atoms with Crippen LogP contribution < -0.4 is 10.5 Å². The molecule has 1 aliphatic heterocycles. The van der Waals surface area contributed by atoms with Crippen LogP contribution in [0.2, 0.25) is 5.02 Å². The van der Waals surface area contributed by atoms with E-state index >= 15 is 0 Å². The maximum Gasteiger partial charge on any atom is 0.304 e. The van der Waals surface area contributed by atoms with E-state index in [1.807, 2.05) is 24.3 Å². The molecule has 1 aliphatic rings. The fourth-order valence-corrected chi connectivity index (χ4v) is 4.22. The number of amides is 1. The predicted octanol–water partition coefficient (Wildman–Crippen LogP) is 2.17. The standard InChI is InChI=1S/C22H26ClN3O4/c23-18-7-5-16(6-8-18)14-22(24)9-3-10-25(15-22)21(29)17(13-20(27)28)12-19-4-1-2-11-26(19)30/h1-2,4-8,11,17H,3,9-10,12-15,24H2,(H,27,28). The van der Waals surface area contributed by atoms with Crippen LogP contribution in [-0.2, 0) is 22.4 Å². The Bertz CT molecular complexity index is 906. The van der Waals surface area contributed by atoms with Crippen LogP contribution in [0.25, 0.3) is 0 Å². The Morgan fingerprint density at radius 1 is 1.27 bits per heavy atom. The largest absolute Gasteiger partial charge is 0.619 e. The van der Waals surface area contributed by atoms with Crippen molar-refractivity contribution in [1.29, 1.82) is 0 Å². The van der Waals surface area contributed by atoms with Crippen molar-refractivity contribution in [2.45, 2.75) is 37.6 Å². The first-order chi connectivity index (χ1) is 14.3. The van der Waals surface area contributed by atoms with Crippen molar-refractivity contribution < 1.29 is 19.4 Å². The summed E-state index contributed by atoms with van der Waals surface area (Å²) in [5.74, 6) is -2.16. The molecular formula is C22H26ClN3O4. The number of rotatable bonds is 7. The van der Waals surface area contributed by atoms with Gasteiger partial charge in [-0.1, -0.05) is 29.8 Å². The molecule has 1 amide bonds. The Kier molecular flexibility index (Phi) is 6.95. The molecule has 2 unspecified atom stereocenters. The van der Waals surface area contributed by atoms with Crippen molar-refractivity contribution in [1.82, 2.24) is 4.90 Å². The quantitative estimate of drug-likeness (QED) is 0.515. The number of carbonyl (C=O) groups is 2. The highest BCUT2D eigenvalue weighted by molar-refractivity contribution is 6.30. The van der Waals surface area contributed by atoms with Crippen molar-refractivity contribution >= 4 is 23.5 Å². The summed E-state index contributed by atoms with van der Waals surface area (Å²) in [7, 11) is 0. The number of aromatic nitrogens is 1. The molecule has 0 saturated carbocycles. The second kappa shape index (κ2) is 9.45. The second-order valence-corrected chi connectivity index (χ2v) is 8.48. The first-order valence-corrected chi connectivity index (χ1v) is 10.3. The first kappa shape index (κ1) is 22.1. The fraction of sp³-hybridized carbons (Fsp3) is 0.409. The lowest BCUT2D eigenvalue weighted by Crippen LogP contribution is -2.58. The van der Waals surface area contributed by atoms with Gasteiger partial charge in [-0.15, -0.1) is 0 Å². The van der Waals surface area contributed by atoms with Crippen LogP contribution in [0.15, 0.2) is 48.7 Å². The number of likely N-dealkylation sites (tertiary alicyclic amines) is 1. The highest BCUT2D eigenvalue weighted by Gasteiger charge is 2.37. The molecule has 2 aromatic rings. The molecule has 1 aromatic heterocycles. The van der Waals surface area contributed by atoms with Gasteiger partial charge in [0.15, 0.2) is 11.9 Å². The summed E-state index contributed by atoms with van der Waals surface area (Å²) < 4.78 is 0.673. The summed E-state index contributed by atoms with van der Waals surface area (Å²) >= 11 is 5.95. The Labute approximate surface area is 180 Å². The minimum atomic E-state index is -1.07. The van der Waals surface area contributed by atoms with Crippen molar-refractivity contribution in [2.24, 2.45) is 11.7 Å². The Morgan fingerprint density at radius 3 is 2.67 bits per heavy atom. The zero-order valence-corrected chi connectivity index (χ0v) is 17.4. The van der Waals surface area contributed by atoms with Crippen molar-refractivity contribution in [3.8, 4) is 0 Å². The van der Waals surface area contributed by atoms with E-state index in [4.69, 9.17) is 17.3 Å². The molecule has 3 rings (SSSR count). The monoisotopic (exact) mass is 431 g/mol. The van der Waals surface area contributed by atoms with E-state index in [0.717, 1.165) is 18.4 Å². The normalized spacial score (nSPS) is 20.0. The summed E-state index contributed by atoms with van der Waals surface area (Å²) in [5, 5.41) is 21.9. The highest BCUT2D eigenvalue weighted by atomic mass is 35.5. The van der Waals surface area contributed by atoms with Gasteiger partial charge >= 0.3 is 5.97 Å². The Balaban J connectivity index is 1.74. The number of halogens is 1. The van der Waals surface area contributed by atoms with Gasteiger partial charge in [0.25, 0.3) is 0 Å². The molecule has 1 aromatic carbocycles. The Morgan fingerprint density at radius 2 is 2.00 bits per heavy atom. The zero-order valence-electron chi connectivity index (χ0n) is 16.7. The van der Waals surface area contributed by atoms with Gasteiger partial charge in [0, 0.05) is 42.2 Å². The summed E-state index contributed by atoms with van der Waals surface area (Å²) in [6, 6.07) is 12.4. The number of pyridine rings is 1. The number of hydrogen-bond donors (Lipinski definition) is 2. The van der Waals surface area contributed by atoms with Crippen molar-refractivity contribution in [3.63, 3.8) is 0 Å². The van der Waals surface area contributed by atoms with Gasteiger partial charge < -0.3 is 20.9 Å². The number of nitrogens with zero attached hydrogens (tertiary/aromatic N) is 2. The maximum atomic E-state index is 13.2. The van der Waals surface area contributed by atoms with E-state index in [2.05, 4.69) is 0 Å². The van der Waals surface area contributed by atoms with E-state index < -0.39 is 17.4 Å². The van der Waals surface area contributed by atoms with Crippen LogP contribution in [0, 0.1) is 11.1 Å². The number of nitrogens with two attached hydrogens (primary N) is 1. The average molecular weight is 432 g/mol. The molecule has 2 heterocycles. The molecule has 2 atom stereocenters. The van der Waals surface area contributed by atoms with Crippen LogP contribution >= 0.6 is 11.6 Å². The van der Waals surface area contributed by atoms with Gasteiger partial charge in [0.2, 0.25) is 5.91 Å². The van der Waals surface area contributed by atoms with E-state index in [-0.39, 0.29) is 18.7 Å². The molecule has 1 saturated heterocycles. The zero-order chi connectivity index (χ0) is 21.7. The number of hydrogen-bond acceptors (Lipinski definition) is 4. The van der Waals surface area contributed by atoms with Gasteiger partial charge in [-0.05, 0) is 37.0 Å². The fourth-order valence-electron chi connectivity index (χ4n) is 4.09. The SMILES string of the molecule is NC1(Cc2ccc(Cl)cc2)CCCN(C(=O)C(CC(=O)O)Cc2cccc[n+]2[O-])C1. The summed E-state index contributed by atoms with van der Waals surface area (Å²) in [5.41, 5.74) is 7.45. The number of piperidine rings is 1. The number of carbonyl (C=O) groups excluding carboxylic acids is 1. The lowest BCUT2D eigenvalue weighted by atomic mass is 9.83. The molecule has 8 heteroatoms. The van der Waals surface area contributed by atoms with Gasteiger partial charge in [0.1, 0.15) is 0 Å². The number of carboxylic acids is 1. The number of aliphatic carboxylic acids is 1. The average Bonchev–Trinajstić information content (AvgIpc) is 2.70. The highest BCUT2D eigenvalue weighted by Crippen LogP contribution is 2.26. The van der Waals surface area contributed by atoms with Gasteiger partial charge in [0.05, 0.1) is 12.3 Å². The van der Waals surface area contributed by atoms with E-state index in [1.165, 1.54) is 6.20 Å². The molecule has 160 valence electrons. The number of carboxylic acid groups (broad SMARTS) is 1. The minimum absolute atomic E-state index is 0.0702. The van der Waals surface area contributed by atoms with Gasteiger partial charge in [-0.2, -0.15) is 4.73 Å². The molecule has 0 spiro atoms.